The molecule has 4 aromatic rings. The van der Waals surface area contributed by atoms with E-state index >= 15 is 0 Å². The van der Waals surface area contributed by atoms with E-state index < -0.39 is 12.2 Å². The number of benzene rings is 2. The Hall–Kier alpha value is -3.40. The number of anilines is 1. The smallest absolute Gasteiger partial charge is 0.407 e. The molecule has 7 nitrogen and oxygen atoms in total. The average molecular weight is 442 g/mol. The van der Waals surface area contributed by atoms with Gasteiger partial charge in [0, 0.05) is 11.3 Å². The van der Waals surface area contributed by atoms with E-state index in [4.69, 9.17) is 21.2 Å². The van der Waals surface area contributed by atoms with E-state index in [1.54, 1.807) is 19.2 Å². The molecule has 5 rings (SSSR count). The monoisotopic (exact) mass is 442 g/mol. The molecule has 0 spiro atoms. The number of nitrogen functional groups attached to an aromatic ring is 1. The molecule has 0 amide bonds. The van der Waals surface area contributed by atoms with Crippen LogP contribution in [0.3, 0.4) is 0 Å². The van der Waals surface area contributed by atoms with Crippen LogP contribution in [0.5, 0.6) is 5.75 Å². The Bertz CT molecular complexity index is 1300. The molecule has 0 bridgehead atoms. The minimum Gasteiger partial charge on any atom is -0.494 e. The zero-order valence-electron chi connectivity index (χ0n) is 17.2. The standard InChI is InChI=1S/C22H21F3N6O/c1-32-16-4-2-3-15-17(16)28-21(27)31-20(15)29-19(30-31)14-9-13(10-14)11-5-7-12(8-6-11)18(26)22(23,24)25/h2-8,13-14,18H,9-10,26H2,1H3,(H2,27,28)/t13-,14+,18?. The van der Waals surface area contributed by atoms with Crippen LogP contribution in [0.1, 0.15) is 47.7 Å². The Balaban J connectivity index is 1.37. The lowest BCUT2D eigenvalue weighted by Gasteiger charge is -2.34. The highest BCUT2D eigenvalue weighted by Gasteiger charge is 2.38. The topological polar surface area (TPSA) is 104 Å². The van der Waals surface area contributed by atoms with Crippen LogP contribution in [0.15, 0.2) is 42.5 Å². The normalized spacial score (nSPS) is 19.8. The molecule has 0 radical (unpaired) electrons. The molecule has 1 unspecified atom stereocenters. The fourth-order valence-electron chi connectivity index (χ4n) is 4.25. The summed E-state index contributed by atoms with van der Waals surface area (Å²) in [5, 5.41) is 5.36. The number of rotatable bonds is 4. The molecule has 2 heterocycles. The lowest BCUT2D eigenvalue weighted by molar-refractivity contribution is -0.149. The minimum absolute atomic E-state index is 0.0597. The fourth-order valence-corrected chi connectivity index (χ4v) is 4.25. The molecule has 10 heteroatoms. The summed E-state index contributed by atoms with van der Waals surface area (Å²) in [5.41, 5.74) is 13.7. The highest BCUT2D eigenvalue weighted by molar-refractivity contribution is 5.95. The minimum atomic E-state index is -4.46. The van der Waals surface area contributed by atoms with Gasteiger partial charge in [-0.25, -0.2) is 9.97 Å². The third kappa shape index (κ3) is 3.31. The van der Waals surface area contributed by atoms with Crippen molar-refractivity contribution in [3.8, 4) is 5.75 Å². The number of hydrogen-bond donors (Lipinski definition) is 2. The lowest BCUT2D eigenvalue weighted by atomic mass is 9.71. The van der Waals surface area contributed by atoms with Gasteiger partial charge in [-0.2, -0.15) is 17.7 Å². The number of alkyl halides is 3. The first-order valence-corrected chi connectivity index (χ1v) is 10.2. The lowest BCUT2D eigenvalue weighted by Crippen LogP contribution is -2.28. The second-order valence-electron chi connectivity index (χ2n) is 8.08. The van der Waals surface area contributed by atoms with Gasteiger partial charge in [-0.05, 0) is 42.0 Å². The Morgan fingerprint density at radius 3 is 2.44 bits per heavy atom. The van der Waals surface area contributed by atoms with Crippen LogP contribution >= 0.6 is 0 Å². The predicted octanol–water partition coefficient (Wildman–Crippen LogP) is 4.09. The molecule has 166 valence electrons. The van der Waals surface area contributed by atoms with Crippen molar-refractivity contribution < 1.29 is 17.9 Å². The number of methoxy groups -OCH3 is 1. The second kappa shape index (κ2) is 7.33. The molecule has 32 heavy (non-hydrogen) atoms. The molecule has 1 saturated carbocycles. The Labute approximate surface area is 181 Å². The van der Waals surface area contributed by atoms with Crippen molar-refractivity contribution in [2.75, 3.05) is 12.8 Å². The Kier molecular flexibility index (Phi) is 4.70. The average Bonchev–Trinajstić information content (AvgIpc) is 3.17. The largest absolute Gasteiger partial charge is 0.494 e. The number of ether oxygens (including phenoxy) is 1. The first-order chi connectivity index (χ1) is 15.3. The summed E-state index contributed by atoms with van der Waals surface area (Å²) in [7, 11) is 1.57. The summed E-state index contributed by atoms with van der Waals surface area (Å²) in [5.74, 6) is 1.88. The van der Waals surface area contributed by atoms with Gasteiger partial charge in [-0.15, -0.1) is 5.10 Å². The van der Waals surface area contributed by atoms with Crippen LogP contribution < -0.4 is 16.2 Å². The quantitative estimate of drug-likeness (QED) is 0.493. The SMILES string of the molecule is COc1cccc2c1nc(N)n1nc([C@H]3C[C@@H](c4ccc(C(N)C(F)(F)F)cc4)C3)nc21. The third-order valence-corrected chi connectivity index (χ3v) is 6.15. The molecule has 2 aromatic heterocycles. The molecular formula is C22H21F3N6O. The maximum absolute atomic E-state index is 12.8. The van der Waals surface area contributed by atoms with Gasteiger partial charge >= 0.3 is 6.18 Å². The first kappa shape index (κ1) is 20.5. The van der Waals surface area contributed by atoms with Crippen molar-refractivity contribution in [1.29, 1.82) is 0 Å². The summed E-state index contributed by atoms with van der Waals surface area (Å²) in [6, 6.07) is 9.95. The molecule has 1 aliphatic rings. The van der Waals surface area contributed by atoms with Gasteiger partial charge in [-0.3, -0.25) is 0 Å². The number of nitrogens with zero attached hydrogens (tertiary/aromatic N) is 4. The van der Waals surface area contributed by atoms with Gasteiger partial charge in [0.2, 0.25) is 5.95 Å². The third-order valence-electron chi connectivity index (χ3n) is 6.15. The number of para-hydroxylation sites is 1. The zero-order valence-corrected chi connectivity index (χ0v) is 17.2. The van der Waals surface area contributed by atoms with Crippen LogP contribution in [0, 0.1) is 0 Å². The predicted molar refractivity (Wildman–Crippen MR) is 113 cm³/mol. The Morgan fingerprint density at radius 2 is 1.78 bits per heavy atom. The van der Waals surface area contributed by atoms with Gasteiger partial charge in [-0.1, -0.05) is 30.3 Å². The summed E-state index contributed by atoms with van der Waals surface area (Å²) < 4.78 is 45.3. The van der Waals surface area contributed by atoms with Gasteiger partial charge in [0.25, 0.3) is 0 Å². The number of nitrogens with two attached hydrogens (primary N) is 2. The van der Waals surface area contributed by atoms with Crippen molar-refractivity contribution in [1.82, 2.24) is 19.6 Å². The molecule has 4 N–H and O–H groups in total. The zero-order chi connectivity index (χ0) is 22.6. The van der Waals surface area contributed by atoms with E-state index in [0.29, 0.717) is 22.7 Å². The van der Waals surface area contributed by atoms with E-state index in [-0.39, 0.29) is 23.3 Å². The highest BCUT2D eigenvalue weighted by Crippen LogP contribution is 2.47. The van der Waals surface area contributed by atoms with E-state index in [2.05, 4.69) is 10.1 Å². The van der Waals surface area contributed by atoms with Crippen LogP contribution in [-0.2, 0) is 0 Å². The molecule has 1 fully saturated rings. The molecular weight excluding hydrogens is 421 g/mol. The van der Waals surface area contributed by atoms with Crippen molar-refractivity contribution >= 4 is 22.5 Å². The highest BCUT2D eigenvalue weighted by atomic mass is 19.4. The van der Waals surface area contributed by atoms with Gasteiger partial charge in [0.05, 0.1) is 7.11 Å². The van der Waals surface area contributed by atoms with Gasteiger partial charge in [0.15, 0.2) is 11.5 Å². The number of fused-ring (bicyclic) bond motifs is 3. The fraction of sp³-hybridized carbons (Fsp3) is 0.318. The van der Waals surface area contributed by atoms with Crippen LogP contribution in [0.25, 0.3) is 16.6 Å². The molecule has 2 aromatic carbocycles. The number of halogens is 3. The molecule has 1 atom stereocenters. The summed E-state index contributed by atoms with van der Waals surface area (Å²) in [6.07, 6.45) is -2.85. The number of hydrogen-bond acceptors (Lipinski definition) is 6. The maximum atomic E-state index is 12.8. The van der Waals surface area contributed by atoms with Crippen molar-refractivity contribution in [3.05, 3.63) is 59.4 Å². The van der Waals surface area contributed by atoms with Crippen molar-refractivity contribution in [2.45, 2.75) is 36.9 Å². The molecule has 0 saturated heterocycles. The van der Waals surface area contributed by atoms with Crippen LogP contribution in [0.2, 0.25) is 0 Å². The maximum Gasteiger partial charge on any atom is 0.407 e. The van der Waals surface area contributed by atoms with E-state index in [1.807, 2.05) is 18.2 Å². The molecule has 1 aliphatic carbocycles. The van der Waals surface area contributed by atoms with Gasteiger partial charge in [0.1, 0.15) is 17.3 Å². The van der Waals surface area contributed by atoms with Gasteiger partial charge < -0.3 is 16.2 Å². The van der Waals surface area contributed by atoms with E-state index in [1.165, 1.54) is 16.6 Å². The summed E-state index contributed by atoms with van der Waals surface area (Å²) in [4.78, 5) is 9.14. The first-order valence-electron chi connectivity index (χ1n) is 10.2. The van der Waals surface area contributed by atoms with Crippen molar-refractivity contribution in [3.63, 3.8) is 0 Å². The molecule has 0 aliphatic heterocycles. The van der Waals surface area contributed by atoms with E-state index in [0.717, 1.165) is 23.8 Å². The van der Waals surface area contributed by atoms with Crippen molar-refractivity contribution in [2.24, 2.45) is 5.73 Å². The van der Waals surface area contributed by atoms with E-state index in [9.17, 15) is 13.2 Å². The summed E-state index contributed by atoms with van der Waals surface area (Å²) >= 11 is 0. The Morgan fingerprint density at radius 1 is 1.06 bits per heavy atom. The van der Waals surface area contributed by atoms with Crippen LogP contribution in [0.4, 0.5) is 19.1 Å². The summed E-state index contributed by atoms with van der Waals surface area (Å²) in [6.45, 7) is 0. The van der Waals surface area contributed by atoms with Crippen LogP contribution in [-0.4, -0.2) is 32.9 Å². The number of aromatic nitrogens is 4. The second-order valence-corrected chi connectivity index (χ2v) is 8.08.